The number of nitrogens with one attached hydrogen (secondary N) is 2. The molecule has 2 atom stereocenters. The summed E-state index contributed by atoms with van der Waals surface area (Å²) >= 11 is 7.64. The van der Waals surface area contributed by atoms with Gasteiger partial charge in [0.1, 0.15) is 5.25 Å². The fraction of sp³-hybridized carbons (Fsp3) is 0.125. The molecule has 4 aromatic rings. The molecule has 3 aromatic carbocycles. The monoisotopic (exact) mass is 461 g/mol. The SMILES string of the molecule is Cc1ccc(NC(=O)[C@H]2Sc3nnc(-c4ccccc4)n3N[C@@H]2c2ccccc2)cc1Cl. The third-order valence-corrected chi connectivity index (χ3v) is 6.95. The maximum Gasteiger partial charge on any atom is 0.240 e. The minimum Gasteiger partial charge on any atom is -0.325 e. The van der Waals surface area contributed by atoms with Crippen molar-refractivity contribution in [2.75, 3.05) is 10.7 Å². The number of hydrogen-bond acceptors (Lipinski definition) is 5. The van der Waals surface area contributed by atoms with Gasteiger partial charge in [-0.05, 0) is 30.2 Å². The molecule has 0 saturated heterocycles. The first-order valence-electron chi connectivity index (χ1n) is 10.2. The highest BCUT2D eigenvalue weighted by molar-refractivity contribution is 8.00. The van der Waals surface area contributed by atoms with E-state index < -0.39 is 5.25 Å². The third kappa shape index (κ3) is 3.97. The maximum atomic E-state index is 13.4. The molecule has 32 heavy (non-hydrogen) atoms. The molecule has 0 radical (unpaired) electrons. The van der Waals surface area contributed by atoms with Crippen LogP contribution >= 0.6 is 23.4 Å². The molecule has 6 nitrogen and oxygen atoms in total. The van der Waals surface area contributed by atoms with Crippen LogP contribution in [0.1, 0.15) is 17.2 Å². The van der Waals surface area contributed by atoms with Crippen molar-refractivity contribution >= 4 is 35.0 Å². The Kier molecular flexibility index (Phi) is 5.59. The number of fused-ring (bicyclic) bond motifs is 1. The second-order valence-corrected chi connectivity index (χ2v) is 9.03. The lowest BCUT2D eigenvalue weighted by Gasteiger charge is -2.33. The van der Waals surface area contributed by atoms with Crippen LogP contribution in [0, 0.1) is 6.92 Å². The number of rotatable bonds is 4. The molecule has 1 aliphatic heterocycles. The molecule has 5 rings (SSSR count). The highest BCUT2D eigenvalue weighted by Gasteiger charge is 2.38. The van der Waals surface area contributed by atoms with E-state index in [1.54, 1.807) is 6.07 Å². The second kappa shape index (κ2) is 8.68. The zero-order valence-corrected chi connectivity index (χ0v) is 18.8. The fourth-order valence-electron chi connectivity index (χ4n) is 3.62. The first kappa shape index (κ1) is 20.6. The van der Waals surface area contributed by atoms with Crippen molar-refractivity contribution in [3.63, 3.8) is 0 Å². The molecular formula is C24H20ClN5OS. The van der Waals surface area contributed by atoms with Crippen molar-refractivity contribution in [1.82, 2.24) is 14.9 Å². The van der Waals surface area contributed by atoms with Crippen LogP contribution in [0.3, 0.4) is 0 Å². The summed E-state index contributed by atoms with van der Waals surface area (Å²) in [6, 6.07) is 25.0. The molecule has 1 aliphatic rings. The van der Waals surface area contributed by atoms with Crippen molar-refractivity contribution < 1.29 is 4.79 Å². The number of thioether (sulfide) groups is 1. The number of aryl methyl sites for hydroxylation is 1. The Morgan fingerprint density at radius 1 is 1.03 bits per heavy atom. The Labute approximate surface area is 195 Å². The van der Waals surface area contributed by atoms with E-state index in [0.29, 0.717) is 21.7 Å². The molecule has 0 fully saturated rings. The normalized spacial score (nSPS) is 17.3. The first-order valence-corrected chi connectivity index (χ1v) is 11.4. The topological polar surface area (TPSA) is 71.8 Å². The minimum atomic E-state index is -0.460. The van der Waals surface area contributed by atoms with E-state index in [1.165, 1.54) is 11.8 Å². The van der Waals surface area contributed by atoms with Crippen LogP contribution in [-0.2, 0) is 4.79 Å². The number of nitrogens with zero attached hydrogens (tertiary/aromatic N) is 3. The van der Waals surface area contributed by atoms with Gasteiger partial charge in [-0.15, -0.1) is 10.2 Å². The predicted octanol–water partition coefficient (Wildman–Crippen LogP) is 5.30. The van der Waals surface area contributed by atoms with Gasteiger partial charge >= 0.3 is 0 Å². The number of hydrogen-bond donors (Lipinski definition) is 2. The van der Waals surface area contributed by atoms with Gasteiger partial charge in [0.25, 0.3) is 0 Å². The van der Waals surface area contributed by atoms with Gasteiger partial charge in [0, 0.05) is 16.3 Å². The Morgan fingerprint density at radius 2 is 1.75 bits per heavy atom. The van der Waals surface area contributed by atoms with Gasteiger partial charge in [-0.3, -0.25) is 4.79 Å². The van der Waals surface area contributed by atoms with Gasteiger partial charge in [-0.1, -0.05) is 90.1 Å². The lowest BCUT2D eigenvalue weighted by Crippen LogP contribution is -2.41. The third-order valence-electron chi connectivity index (χ3n) is 5.33. The number of aromatic nitrogens is 3. The van der Waals surface area contributed by atoms with Gasteiger partial charge in [0.2, 0.25) is 11.1 Å². The Balaban J connectivity index is 1.50. The van der Waals surface area contributed by atoms with E-state index in [2.05, 4.69) is 20.9 Å². The largest absolute Gasteiger partial charge is 0.325 e. The van der Waals surface area contributed by atoms with Crippen LogP contribution in [0.25, 0.3) is 11.4 Å². The average Bonchev–Trinajstić information content (AvgIpc) is 3.25. The van der Waals surface area contributed by atoms with Crippen LogP contribution in [0.2, 0.25) is 5.02 Å². The van der Waals surface area contributed by atoms with Crippen molar-refractivity contribution in [1.29, 1.82) is 0 Å². The maximum absolute atomic E-state index is 13.4. The lowest BCUT2D eigenvalue weighted by molar-refractivity contribution is -0.116. The van der Waals surface area contributed by atoms with Crippen molar-refractivity contribution in [3.8, 4) is 11.4 Å². The summed E-state index contributed by atoms with van der Waals surface area (Å²) in [4.78, 5) is 13.4. The van der Waals surface area contributed by atoms with E-state index in [4.69, 9.17) is 11.6 Å². The van der Waals surface area contributed by atoms with Crippen LogP contribution in [-0.4, -0.2) is 26.0 Å². The first-order chi connectivity index (χ1) is 15.6. The molecule has 1 amide bonds. The van der Waals surface area contributed by atoms with Crippen LogP contribution in [0.4, 0.5) is 5.69 Å². The van der Waals surface area contributed by atoms with Gasteiger partial charge in [0.15, 0.2) is 5.82 Å². The van der Waals surface area contributed by atoms with Crippen molar-refractivity contribution in [3.05, 3.63) is 95.0 Å². The van der Waals surface area contributed by atoms with Crippen LogP contribution < -0.4 is 10.7 Å². The molecular weight excluding hydrogens is 442 g/mol. The van der Waals surface area contributed by atoms with Crippen molar-refractivity contribution in [2.45, 2.75) is 23.4 Å². The standard InChI is InChI=1S/C24H20ClN5OS/c1-15-12-13-18(14-19(15)25)26-23(31)21-20(16-8-4-2-5-9-16)29-30-22(27-28-24(30)32-21)17-10-6-3-7-11-17/h2-14,20-21,29H,1H3,(H,26,31)/t20-,21+/m1/s1. The summed E-state index contributed by atoms with van der Waals surface area (Å²) in [6.45, 7) is 1.93. The van der Waals surface area contributed by atoms with Gasteiger partial charge < -0.3 is 10.7 Å². The molecule has 2 N–H and O–H groups in total. The predicted molar refractivity (Wildman–Crippen MR) is 128 cm³/mol. The minimum absolute atomic E-state index is 0.133. The van der Waals surface area contributed by atoms with Crippen LogP contribution in [0.5, 0.6) is 0 Å². The van der Waals surface area contributed by atoms with Gasteiger partial charge in [-0.25, -0.2) is 4.68 Å². The van der Waals surface area contributed by atoms with E-state index in [0.717, 1.165) is 16.7 Å². The molecule has 8 heteroatoms. The summed E-state index contributed by atoms with van der Waals surface area (Å²) in [6.07, 6.45) is 0. The molecule has 160 valence electrons. The number of anilines is 1. The summed E-state index contributed by atoms with van der Waals surface area (Å²) < 4.78 is 1.87. The zero-order valence-electron chi connectivity index (χ0n) is 17.2. The van der Waals surface area contributed by atoms with E-state index >= 15 is 0 Å². The molecule has 0 aliphatic carbocycles. The highest BCUT2D eigenvalue weighted by atomic mass is 35.5. The Hall–Kier alpha value is -3.29. The quantitative estimate of drug-likeness (QED) is 0.431. The summed E-state index contributed by atoms with van der Waals surface area (Å²) in [5, 5.41) is 12.5. The lowest BCUT2D eigenvalue weighted by atomic mass is 10.0. The average molecular weight is 462 g/mol. The molecule has 0 spiro atoms. The Bertz CT molecular complexity index is 1260. The summed E-state index contributed by atoms with van der Waals surface area (Å²) in [7, 11) is 0. The Morgan fingerprint density at radius 3 is 2.47 bits per heavy atom. The van der Waals surface area contributed by atoms with E-state index in [-0.39, 0.29) is 11.9 Å². The number of halogens is 1. The smallest absolute Gasteiger partial charge is 0.240 e. The highest BCUT2D eigenvalue weighted by Crippen LogP contribution is 2.39. The van der Waals surface area contributed by atoms with E-state index in [1.807, 2.05) is 84.4 Å². The van der Waals surface area contributed by atoms with Crippen LogP contribution in [0.15, 0.2) is 84.0 Å². The second-order valence-electron chi connectivity index (χ2n) is 7.52. The number of carbonyl (C=O) groups excluding carboxylic acids is 1. The summed E-state index contributed by atoms with van der Waals surface area (Å²) in [5.74, 6) is 0.574. The summed E-state index contributed by atoms with van der Waals surface area (Å²) in [5.41, 5.74) is 7.05. The number of benzene rings is 3. The zero-order chi connectivity index (χ0) is 22.1. The van der Waals surface area contributed by atoms with Crippen molar-refractivity contribution in [2.24, 2.45) is 0 Å². The van der Waals surface area contributed by atoms with Gasteiger partial charge in [0.05, 0.1) is 6.04 Å². The van der Waals surface area contributed by atoms with E-state index in [9.17, 15) is 4.79 Å². The molecule has 0 unspecified atom stereocenters. The number of amides is 1. The molecule has 1 aromatic heterocycles. The molecule has 0 bridgehead atoms. The number of carbonyl (C=O) groups is 1. The fourth-order valence-corrected chi connectivity index (χ4v) is 4.88. The molecule has 0 saturated carbocycles. The molecule has 2 heterocycles. The van der Waals surface area contributed by atoms with Gasteiger partial charge in [-0.2, -0.15) is 0 Å².